The molecule has 0 spiro atoms. The van der Waals surface area contributed by atoms with E-state index in [1.807, 2.05) is 51.1 Å². The summed E-state index contributed by atoms with van der Waals surface area (Å²) in [7, 11) is 1.22. The van der Waals surface area contributed by atoms with Gasteiger partial charge in [0.2, 0.25) is 0 Å². The molecule has 5 heteroatoms. The van der Waals surface area contributed by atoms with Gasteiger partial charge in [-0.1, -0.05) is 36.8 Å². The van der Waals surface area contributed by atoms with Crippen molar-refractivity contribution >= 4 is 11.8 Å². The minimum Gasteiger partial charge on any atom is -0.489 e. The molecule has 0 aromatic heterocycles. The van der Waals surface area contributed by atoms with Crippen LogP contribution >= 0.6 is 0 Å². The fourth-order valence-corrected chi connectivity index (χ4v) is 2.45. The van der Waals surface area contributed by atoms with Gasteiger partial charge < -0.3 is 9.47 Å². The molecule has 0 fully saturated rings. The number of carbonyl (C=O) groups excluding carboxylic acids is 1. The number of hydrogen-bond donors (Lipinski definition) is 1. The first-order chi connectivity index (χ1) is 11.5. The normalized spacial score (nSPS) is 10.4. The Labute approximate surface area is 142 Å². The van der Waals surface area contributed by atoms with Crippen LogP contribution in [0.4, 0.5) is 10.5 Å². The van der Waals surface area contributed by atoms with Crippen LogP contribution < -0.4 is 9.80 Å². The van der Waals surface area contributed by atoms with Gasteiger partial charge in [0.05, 0.1) is 12.8 Å². The lowest BCUT2D eigenvalue weighted by molar-refractivity contribution is 0.140. The van der Waals surface area contributed by atoms with E-state index < -0.39 is 6.09 Å². The molecular weight excluding hydrogens is 306 g/mol. The maximum absolute atomic E-state index is 11.6. The van der Waals surface area contributed by atoms with Crippen molar-refractivity contribution in [3.05, 3.63) is 58.7 Å². The minimum atomic E-state index is -0.837. The van der Waals surface area contributed by atoms with Crippen LogP contribution in [0.3, 0.4) is 0 Å². The van der Waals surface area contributed by atoms with E-state index >= 15 is 0 Å². The Morgan fingerprint density at radius 3 is 2.54 bits per heavy atom. The van der Waals surface area contributed by atoms with Crippen molar-refractivity contribution < 1.29 is 19.5 Å². The number of ether oxygens (including phenoxy) is 2. The van der Waals surface area contributed by atoms with Gasteiger partial charge >= 0.3 is 6.09 Å². The molecule has 2 aromatic carbocycles. The molecule has 0 unspecified atom stereocenters. The standard InChI is InChI=1S/C19H23NO4/c1-5-15-7-8-16(17(11-15)20(22)19(21)23-4)12-24-18-9-6-13(2)10-14(18)3/h6-11,22H,5,12H2,1-4H3. The molecule has 0 bridgehead atoms. The van der Waals surface area contributed by atoms with Crippen molar-refractivity contribution in [3.8, 4) is 5.75 Å². The third-order valence-electron chi connectivity index (χ3n) is 3.85. The zero-order valence-corrected chi connectivity index (χ0v) is 14.5. The zero-order valence-electron chi connectivity index (χ0n) is 14.5. The van der Waals surface area contributed by atoms with E-state index in [1.54, 1.807) is 6.07 Å². The molecule has 0 saturated heterocycles. The summed E-state index contributed by atoms with van der Waals surface area (Å²) in [4.78, 5) is 11.6. The minimum absolute atomic E-state index is 0.233. The number of anilines is 1. The Morgan fingerprint density at radius 1 is 1.17 bits per heavy atom. The highest BCUT2D eigenvalue weighted by atomic mass is 16.6. The van der Waals surface area contributed by atoms with Crippen molar-refractivity contribution in [2.75, 3.05) is 12.2 Å². The number of hydroxylamine groups is 1. The van der Waals surface area contributed by atoms with Gasteiger partial charge in [-0.25, -0.2) is 4.79 Å². The fraction of sp³-hybridized carbons (Fsp3) is 0.316. The predicted molar refractivity (Wildman–Crippen MR) is 92.7 cm³/mol. The molecule has 1 amide bonds. The molecule has 24 heavy (non-hydrogen) atoms. The van der Waals surface area contributed by atoms with Crippen LogP contribution in [-0.4, -0.2) is 18.4 Å². The third kappa shape index (κ3) is 4.06. The van der Waals surface area contributed by atoms with E-state index in [0.29, 0.717) is 16.3 Å². The van der Waals surface area contributed by atoms with Gasteiger partial charge in [0, 0.05) is 5.56 Å². The predicted octanol–water partition coefficient (Wildman–Crippen LogP) is 4.41. The van der Waals surface area contributed by atoms with Crippen molar-refractivity contribution in [3.63, 3.8) is 0 Å². The summed E-state index contributed by atoms with van der Waals surface area (Å²) >= 11 is 0. The number of benzene rings is 2. The molecule has 0 aliphatic carbocycles. The second kappa shape index (κ2) is 7.84. The second-order valence-corrected chi connectivity index (χ2v) is 5.66. The van der Waals surface area contributed by atoms with E-state index in [4.69, 9.17) is 4.74 Å². The van der Waals surface area contributed by atoms with Gasteiger partial charge in [-0.3, -0.25) is 5.21 Å². The average Bonchev–Trinajstić information content (AvgIpc) is 2.59. The molecule has 2 rings (SSSR count). The van der Waals surface area contributed by atoms with Gasteiger partial charge in [0.15, 0.2) is 0 Å². The Balaban J connectivity index is 2.27. The highest BCUT2D eigenvalue weighted by Gasteiger charge is 2.18. The summed E-state index contributed by atoms with van der Waals surface area (Å²) in [5, 5.41) is 10.6. The van der Waals surface area contributed by atoms with E-state index in [2.05, 4.69) is 4.74 Å². The molecule has 0 atom stereocenters. The molecule has 1 N–H and O–H groups in total. The van der Waals surface area contributed by atoms with E-state index in [0.717, 1.165) is 23.3 Å². The molecule has 2 aromatic rings. The Hall–Kier alpha value is -2.53. The SMILES string of the molecule is CCc1ccc(COc2ccc(C)cc2C)c(N(O)C(=O)OC)c1. The smallest absolute Gasteiger partial charge is 0.438 e. The molecule has 128 valence electrons. The van der Waals surface area contributed by atoms with Crippen molar-refractivity contribution in [1.82, 2.24) is 0 Å². The molecule has 5 nitrogen and oxygen atoms in total. The quantitative estimate of drug-likeness (QED) is 0.652. The largest absolute Gasteiger partial charge is 0.489 e. The summed E-state index contributed by atoms with van der Waals surface area (Å²) in [6, 6.07) is 11.5. The Bertz CT molecular complexity index is 727. The highest BCUT2D eigenvalue weighted by Crippen LogP contribution is 2.26. The van der Waals surface area contributed by atoms with Crippen LogP contribution in [0.2, 0.25) is 0 Å². The number of aryl methyl sites for hydroxylation is 3. The lowest BCUT2D eigenvalue weighted by Crippen LogP contribution is -2.28. The van der Waals surface area contributed by atoms with E-state index in [1.165, 1.54) is 12.7 Å². The van der Waals surface area contributed by atoms with Crippen LogP contribution in [0.25, 0.3) is 0 Å². The van der Waals surface area contributed by atoms with Crippen LogP contribution in [0.5, 0.6) is 5.75 Å². The van der Waals surface area contributed by atoms with Gasteiger partial charge in [-0.15, -0.1) is 0 Å². The number of amides is 1. The van der Waals surface area contributed by atoms with Gasteiger partial charge in [-0.2, -0.15) is 5.06 Å². The maximum Gasteiger partial charge on any atom is 0.438 e. The van der Waals surface area contributed by atoms with Gasteiger partial charge in [0.1, 0.15) is 12.4 Å². The molecule has 0 aliphatic heterocycles. The monoisotopic (exact) mass is 329 g/mol. The Morgan fingerprint density at radius 2 is 1.92 bits per heavy atom. The first-order valence-electron chi connectivity index (χ1n) is 7.85. The molecule has 0 heterocycles. The van der Waals surface area contributed by atoms with Crippen molar-refractivity contribution in [1.29, 1.82) is 0 Å². The van der Waals surface area contributed by atoms with Crippen LogP contribution in [0.1, 0.15) is 29.2 Å². The van der Waals surface area contributed by atoms with Crippen LogP contribution in [-0.2, 0) is 17.8 Å². The number of hydrogen-bond acceptors (Lipinski definition) is 4. The van der Waals surface area contributed by atoms with Gasteiger partial charge in [-0.05, 0) is 43.5 Å². The first-order valence-corrected chi connectivity index (χ1v) is 7.85. The van der Waals surface area contributed by atoms with E-state index in [-0.39, 0.29) is 6.61 Å². The summed E-state index contributed by atoms with van der Waals surface area (Å²) in [5.41, 5.74) is 4.27. The molecule has 0 aliphatic rings. The first kappa shape index (κ1) is 17.8. The van der Waals surface area contributed by atoms with E-state index in [9.17, 15) is 10.0 Å². The molecular formula is C19H23NO4. The Kier molecular flexibility index (Phi) is 5.82. The number of methoxy groups -OCH3 is 1. The third-order valence-corrected chi connectivity index (χ3v) is 3.85. The fourth-order valence-electron chi connectivity index (χ4n) is 2.45. The number of carbonyl (C=O) groups is 1. The van der Waals surface area contributed by atoms with Crippen molar-refractivity contribution in [2.45, 2.75) is 33.8 Å². The number of rotatable bonds is 5. The van der Waals surface area contributed by atoms with Crippen LogP contribution in [0.15, 0.2) is 36.4 Å². The zero-order chi connectivity index (χ0) is 17.7. The lowest BCUT2D eigenvalue weighted by atomic mass is 10.1. The molecule has 0 saturated carbocycles. The highest BCUT2D eigenvalue weighted by molar-refractivity contribution is 5.86. The lowest BCUT2D eigenvalue weighted by Gasteiger charge is -2.19. The second-order valence-electron chi connectivity index (χ2n) is 5.66. The topological polar surface area (TPSA) is 59.0 Å². The maximum atomic E-state index is 11.6. The van der Waals surface area contributed by atoms with Gasteiger partial charge in [0.25, 0.3) is 0 Å². The summed E-state index contributed by atoms with van der Waals surface area (Å²) in [6.07, 6.45) is -0.0451. The van der Waals surface area contributed by atoms with Crippen molar-refractivity contribution in [2.24, 2.45) is 0 Å². The summed E-state index contributed by atoms with van der Waals surface area (Å²) in [6.45, 7) is 6.25. The average molecular weight is 329 g/mol. The molecule has 0 radical (unpaired) electrons. The number of nitrogens with zero attached hydrogens (tertiary/aromatic N) is 1. The van der Waals surface area contributed by atoms with Crippen LogP contribution in [0, 0.1) is 13.8 Å². The summed E-state index contributed by atoms with van der Waals surface area (Å²) < 4.78 is 10.5. The summed E-state index contributed by atoms with van der Waals surface area (Å²) in [5.74, 6) is 0.772.